The molecule has 0 radical (unpaired) electrons. The SMILES string of the molecule is C[C@@H]1COCCN1C(=O)c1cc2cc(N)ccc2[nH]1. The molecule has 1 aromatic heterocycles. The third-order valence-electron chi connectivity index (χ3n) is 3.50. The monoisotopic (exact) mass is 259 g/mol. The highest BCUT2D eigenvalue weighted by atomic mass is 16.5. The number of aromatic amines is 1. The molecule has 0 spiro atoms. The van der Waals surface area contributed by atoms with Crippen LogP contribution in [0.4, 0.5) is 5.69 Å². The lowest BCUT2D eigenvalue weighted by Crippen LogP contribution is -2.47. The molecular formula is C14H17N3O2. The van der Waals surface area contributed by atoms with Crippen molar-refractivity contribution in [3.8, 4) is 0 Å². The molecule has 100 valence electrons. The van der Waals surface area contributed by atoms with Crippen molar-refractivity contribution < 1.29 is 9.53 Å². The molecule has 19 heavy (non-hydrogen) atoms. The lowest BCUT2D eigenvalue weighted by molar-refractivity contribution is 0.00332. The topological polar surface area (TPSA) is 71.3 Å². The van der Waals surface area contributed by atoms with Crippen LogP contribution in [0.15, 0.2) is 24.3 Å². The second kappa shape index (κ2) is 4.59. The van der Waals surface area contributed by atoms with Crippen LogP contribution in [0.2, 0.25) is 0 Å². The highest BCUT2D eigenvalue weighted by Crippen LogP contribution is 2.20. The Hall–Kier alpha value is -2.01. The first-order chi connectivity index (χ1) is 9.15. The average molecular weight is 259 g/mol. The molecule has 0 aliphatic carbocycles. The Kier molecular flexibility index (Phi) is 2.91. The number of morpholine rings is 1. The number of hydrogen-bond donors (Lipinski definition) is 2. The number of anilines is 1. The summed E-state index contributed by atoms with van der Waals surface area (Å²) in [6.07, 6.45) is 0. The summed E-state index contributed by atoms with van der Waals surface area (Å²) in [5, 5.41) is 0.962. The van der Waals surface area contributed by atoms with Crippen LogP contribution in [0, 0.1) is 0 Å². The molecule has 0 unspecified atom stereocenters. The number of nitrogen functional groups attached to an aromatic ring is 1. The highest BCUT2D eigenvalue weighted by Gasteiger charge is 2.25. The maximum absolute atomic E-state index is 12.5. The van der Waals surface area contributed by atoms with Crippen LogP contribution in [-0.2, 0) is 4.74 Å². The smallest absolute Gasteiger partial charge is 0.270 e. The Bertz CT molecular complexity index is 620. The fourth-order valence-corrected chi connectivity index (χ4v) is 2.45. The summed E-state index contributed by atoms with van der Waals surface area (Å²) in [4.78, 5) is 17.5. The van der Waals surface area contributed by atoms with E-state index >= 15 is 0 Å². The van der Waals surface area contributed by atoms with Gasteiger partial charge in [0, 0.05) is 23.1 Å². The van der Waals surface area contributed by atoms with Crippen molar-refractivity contribution in [3.63, 3.8) is 0 Å². The second-order valence-electron chi connectivity index (χ2n) is 4.95. The molecule has 1 aliphatic rings. The third kappa shape index (κ3) is 2.17. The maximum Gasteiger partial charge on any atom is 0.270 e. The maximum atomic E-state index is 12.5. The molecule has 5 heteroatoms. The van der Waals surface area contributed by atoms with Gasteiger partial charge in [-0.15, -0.1) is 0 Å². The first-order valence-electron chi connectivity index (χ1n) is 6.42. The minimum atomic E-state index is 0.0190. The Labute approximate surface area is 111 Å². The highest BCUT2D eigenvalue weighted by molar-refractivity contribution is 5.98. The van der Waals surface area contributed by atoms with E-state index in [0.717, 1.165) is 10.9 Å². The molecule has 1 atom stereocenters. The van der Waals surface area contributed by atoms with Gasteiger partial charge in [-0.25, -0.2) is 0 Å². The molecule has 0 saturated carbocycles. The quantitative estimate of drug-likeness (QED) is 0.764. The van der Waals surface area contributed by atoms with Gasteiger partial charge in [0.15, 0.2) is 0 Å². The van der Waals surface area contributed by atoms with E-state index in [4.69, 9.17) is 10.5 Å². The molecule has 1 aliphatic heterocycles. The molecule has 1 fully saturated rings. The Balaban J connectivity index is 1.92. The lowest BCUT2D eigenvalue weighted by Gasteiger charge is -2.32. The minimum absolute atomic E-state index is 0.0190. The molecule has 2 aromatic rings. The number of rotatable bonds is 1. The fraction of sp³-hybridized carbons (Fsp3) is 0.357. The summed E-state index contributed by atoms with van der Waals surface area (Å²) in [7, 11) is 0. The number of aromatic nitrogens is 1. The predicted molar refractivity (Wildman–Crippen MR) is 74.0 cm³/mol. The van der Waals surface area contributed by atoms with Gasteiger partial charge in [0.05, 0.1) is 19.3 Å². The summed E-state index contributed by atoms with van der Waals surface area (Å²) < 4.78 is 5.35. The second-order valence-corrected chi connectivity index (χ2v) is 4.95. The molecule has 2 heterocycles. The Morgan fingerprint density at radius 1 is 1.47 bits per heavy atom. The van der Waals surface area contributed by atoms with E-state index in [1.807, 2.05) is 36.1 Å². The number of H-pyrrole nitrogens is 1. The average Bonchev–Trinajstić information content (AvgIpc) is 2.81. The van der Waals surface area contributed by atoms with E-state index in [0.29, 0.717) is 31.1 Å². The summed E-state index contributed by atoms with van der Waals surface area (Å²) in [6.45, 7) is 3.83. The molecule has 3 rings (SSSR count). The number of hydrogen-bond acceptors (Lipinski definition) is 3. The van der Waals surface area contributed by atoms with Crippen molar-refractivity contribution in [1.29, 1.82) is 0 Å². The number of benzene rings is 1. The van der Waals surface area contributed by atoms with Crippen LogP contribution < -0.4 is 5.73 Å². The van der Waals surface area contributed by atoms with Gasteiger partial charge in [-0.1, -0.05) is 0 Å². The van der Waals surface area contributed by atoms with E-state index in [9.17, 15) is 4.79 Å². The van der Waals surface area contributed by atoms with Gasteiger partial charge in [0.1, 0.15) is 5.69 Å². The van der Waals surface area contributed by atoms with Crippen LogP contribution in [-0.4, -0.2) is 41.6 Å². The van der Waals surface area contributed by atoms with Gasteiger partial charge in [0.2, 0.25) is 0 Å². The number of fused-ring (bicyclic) bond motifs is 1. The Morgan fingerprint density at radius 3 is 3.11 bits per heavy atom. The van der Waals surface area contributed by atoms with Crippen molar-refractivity contribution in [2.24, 2.45) is 0 Å². The molecular weight excluding hydrogens is 242 g/mol. The van der Waals surface area contributed by atoms with E-state index in [1.54, 1.807) is 0 Å². The van der Waals surface area contributed by atoms with Crippen molar-refractivity contribution in [3.05, 3.63) is 30.0 Å². The summed E-state index contributed by atoms with van der Waals surface area (Å²) in [5.41, 5.74) is 7.98. The molecule has 3 N–H and O–H groups in total. The molecule has 0 bridgehead atoms. The van der Waals surface area contributed by atoms with Crippen LogP contribution in [0.1, 0.15) is 17.4 Å². The van der Waals surface area contributed by atoms with Gasteiger partial charge >= 0.3 is 0 Å². The summed E-state index contributed by atoms with van der Waals surface area (Å²) in [5.74, 6) is 0.0190. The first-order valence-corrected chi connectivity index (χ1v) is 6.42. The number of ether oxygens (including phenoxy) is 1. The molecule has 5 nitrogen and oxygen atoms in total. The summed E-state index contributed by atoms with van der Waals surface area (Å²) in [6, 6.07) is 7.55. The van der Waals surface area contributed by atoms with Crippen molar-refractivity contribution >= 4 is 22.5 Å². The van der Waals surface area contributed by atoms with E-state index in [2.05, 4.69) is 4.98 Å². The van der Waals surface area contributed by atoms with Gasteiger partial charge in [0.25, 0.3) is 5.91 Å². The zero-order chi connectivity index (χ0) is 13.4. The van der Waals surface area contributed by atoms with E-state index in [1.165, 1.54) is 0 Å². The predicted octanol–water partition coefficient (Wildman–Crippen LogP) is 1.61. The lowest BCUT2D eigenvalue weighted by atomic mass is 10.2. The zero-order valence-electron chi connectivity index (χ0n) is 10.8. The number of amides is 1. The van der Waals surface area contributed by atoms with Crippen molar-refractivity contribution in [1.82, 2.24) is 9.88 Å². The van der Waals surface area contributed by atoms with E-state index < -0.39 is 0 Å². The Morgan fingerprint density at radius 2 is 2.32 bits per heavy atom. The van der Waals surface area contributed by atoms with Gasteiger partial charge in [-0.3, -0.25) is 4.79 Å². The van der Waals surface area contributed by atoms with Gasteiger partial charge in [-0.05, 0) is 31.2 Å². The standard InChI is InChI=1S/C14H17N3O2/c1-9-8-19-5-4-17(9)14(18)13-7-10-6-11(15)2-3-12(10)16-13/h2-3,6-7,9,16H,4-5,8,15H2,1H3/t9-/m1/s1. The van der Waals surface area contributed by atoms with Crippen LogP contribution in [0.3, 0.4) is 0 Å². The number of carbonyl (C=O) groups excluding carboxylic acids is 1. The van der Waals surface area contributed by atoms with Crippen LogP contribution in [0.25, 0.3) is 10.9 Å². The first kappa shape index (κ1) is 12.0. The minimum Gasteiger partial charge on any atom is -0.399 e. The largest absolute Gasteiger partial charge is 0.399 e. The van der Waals surface area contributed by atoms with Crippen molar-refractivity contribution in [2.45, 2.75) is 13.0 Å². The van der Waals surface area contributed by atoms with Gasteiger partial charge < -0.3 is 20.4 Å². The van der Waals surface area contributed by atoms with Crippen LogP contribution in [0.5, 0.6) is 0 Å². The zero-order valence-corrected chi connectivity index (χ0v) is 10.8. The molecule has 1 amide bonds. The summed E-state index contributed by atoms with van der Waals surface area (Å²) >= 11 is 0. The molecule has 1 saturated heterocycles. The number of nitrogens with zero attached hydrogens (tertiary/aromatic N) is 1. The van der Waals surface area contributed by atoms with Gasteiger partial charge in [-0.2, -0.15) is 0 Å². The molecule has 1 aromatic carbocycles. The number of carbonyl (C=O) groups is 1. The third-order valence-corrected chi connectivity index (χ3v) is 3.50. The number of nitrogens with two attached hydrogens (primary N) is 1. The van der Waals surface area contributed by atoms with Crippen LogP contribution >= 0.6 is 0 Å². The fourth-order valence-electron chi connectivity index (χ4n) is 2.45. The normalized spacial score (nSPS) is 19.8. The number of nitrogens with one attached hydrogen (secondary N) is 1. The van der Waals surface area contributed by atoms with E-state index in [-0.39, 0.29) is 11.9 Å². The van der Waals surface area contributed by atoms with Crippen molar-refractivity contribution in [2.75, 3.05) is 25.5 Å².